The van der Waals surface area contributed by atoms with Gasteiger partial charge in [-0.2, -0.15) is 13.2 Å². The molecule has 1 aliphatic heterocycles. The quantitative estimate of drug-likeness (QED) is 0.916. The number of halogens is 3. The summed E-state index contributed by atoms with van der Waals surface area (Å²) in [5.41, 5.74) is -1.05. The topological polar surface area (TPSA) is 40.5 Å². The van der Waals surface area contributed by atoms with Crippen LogP contribution in [0.2, 0.25) is 0 Å². The summed E-state index contributed by atoms with van der Waals surface area (Å²) in [7, 11) is 0. The number of piperidine rings is 1. The van der Waals surface area contributed by atoms with Crippen molar-refractivity contribution in [3.63, 3.8) is 0 Å². The minimum absolute atomic E-state index is 0.0417. The van der Waals surface area contributed by atoms with Crippen LogP contribution in [-0.2, 0) is 16.4 Å². The number of amides is 1. The van der Waals surface area contributed by atoms with E-state index in [1.807, 2.05) is 0 Å². The fourth-order valence-corrected chi connectivity index (χ4v) is 3.64. The summed E-state index contributed by atoms with van der Waals surface area (Å²) >= 11 is 0. The van der Waals surface area contributed by atoms with Gasteiger partial charge in [0.2, 0.25) is 5.91 Å². The Morgan fingerprint density at radius 1 is 1.38 bits per heavy atom. The van der Waals surface area contributed by atoms with E-state index in [1.165, 1.54) is 6.07 Å². The standard InChI is InChI=1S/C18H22F3NO2/c1-12(23)13-4-3-9-22(11-13)16(24)17(7-8-17)14-5-2-6-15(10-14)18(19,20)21/h2,5-6,10,12-13,23H,3-4,7-9,11H2,1H3. The van der Waals surface area contributed by atoms with Gasteiger partial charge in [-0.25, -0.2) is 0 Å². The molecule has 3 rings (SSSR count). The molecule has 1 aliphatic carbocycles. The normalized spacial score (nSPS) is 24.5. The Bertz CT molecular complexity index is 623. The third-order valence-electron chi connectivity index (χ3n) is 5.33. The van der Waals surface area contributed by atoms with E-state index in [0.717, 1.165) is 25.0 Å². The lowest BCUT2D eigenvalue weighted by atomic mass is 9.89. The smallest absolute Gasteiger partial charge is 0.393 e. The molecule has 3 nitrogen and oxygen atoms in total. The predicted octanol–water partition coefficient (Wildman–Crippen LogP) is 3.36. The molecule has 6 heteroatoms. The number of carbonyl (C=O) groups is 1. The van der Waals surface area contributed by atoms with Gasteiger partial charge in [-0.3, -0.25) is 4.79 Å². The average Bonchev–Trinajstić information content (AvgIpc) is 3.35. The highest BCUT2D eigenvalue weighted by molar-refractivity contribution is 5.91. The SMILES string of the molecule is CC(O)C1CCCN(C(=O)C2(c3cccc(C(F)(F)F)c3)CC2)C1. The Hall–Kier alpha value is -1.56. The zero-order chi connectivity index (χ0) is 17.5. The molecule has 1 aromatic carbocycles. The lowest BCUT2D eigenvalue weighted by Crippen LogP contribution is -2.47. The van der Waals surface area contributed by atoms with Crippen LogP contribution >= 0.6 is 0 Å². The molecular formula is C18H22F3NO2. The highest BCUT2D eigenvalue weighted by atomic mass is 19.4. The summed E-state index contributed by atoms with van der Waals surface area (Å²) < 4.78 is 38.8. The molecule has 0 aromatic heterocycles. The van der Waals surface area contributed by atoms with Gasteiger partial charge in [-0.15, -0.1) is 0 Å². The summed E-state index contributed by atoms with van der Waals surface area (Å²) in [5, 5.41) is 9.78. The van der Waals surface area contributed by atoms with Crippen LogP contribution in [0.3, 0.4) is 0 Å². The molecule has 2 fully saturated rings. The number of likely N-dealkylation sites (tertiary alicyclic amines) is 1. The molecule has 24 heavy (non-hydrogen) atoms. The number of aliphatic hydroxyl groups excluding tert-OH is 1. The minimum Gasteiger partial charge on any atom is -0.393 e. The zero-order valence-electron chi connectivity index (χ0n) is 13.6. The Labute approximate surface area is 139 Å². The van der Waals surface area contributed by atoms with E-state index in [9.17, 15) is 23.1 Å². The monoisotopic (exact) mass is 341 g/mol. The van der Waals surface area contributed by atoms with Gasteiger partial charge in [-0.05, 0) is 44.2 Å². The van der Waals surface area contributed by atoms with E-state index in [1.54, 1.807) is 17.9 Å². The Morgan fingerprint density at radius 3 is 2.67 bits per heavy atom. The number of nitrogens with zero attached hydrogens (tertiary/aromatic N) is 1. The number of rotatable bonds is 3. The van der Waals surface area contributed by atoms with Gasteiger partial charge >= 0.3 is 6.18 Å². The van der Waals surface area contributed by atoms with Gasteiger partial charge in [0, 0.05) is 19.0 Å². The van der Waals surface area contributed by atoms with Gasteiger partial charge in [-0.1, -0.05) is 18.2 Å². The van der Waals surface area contributed by atoms with Crippen LogP contribution in [0.1, 0.15) is 43.7 Å². The summed E-state index contributed by atoms with van der Waals surface area (Å²) in [6.45, 7) is 2.82. The molecule has 132 valence electrons. The van der Waals surface area contributed by atoms with Crippen LogP contribution in [-0.4, -0.2) is 35.1 Å². The lowest BCUT2D eigenvalue weighted by Gasteiger charge is -2.36. The summed E-state index contributed by atoms with van der Waals surface area (Å²) in [6, 6.07) is 5.14. The highest BCUT2D eigenvalue weighted by Gasteiger charge is 2.54. The Morgan fingerprint density at radius 2 is 2.08 bits per heavy atom. The van der Waals surface area contributed by atoms with Crippen molar-refractivity contribution in [3.05, 3.63) is 35.4 Å². The van der Waals surface area contributed by atoms with Gasteiger partial charge in [0.05, 0.1) is 17.1 Å². The van der Waals surface area contributed by atoms with Crippen LogP contribution < -0.4 is 0 Å². The van der Waals surface area contributed by atoms with Gasteiger partial charge < -0.3 is 10.0 Å². The van der Waals surface area contributed by atoms with E-state index in [4.69, 9.17) is 0 Å². The molecule has 1 saturated heterocycles. The molecule has 1 aromatic rings. The van der Waals surface area contributed by atoms with Crippen molar-refractivity contribution < 1.29 is 23.1 Å². The van der Waals surface area contributed by atoms with Gasteiger partial charge in [0.15, 0.2) is 0 Å². The van der Waals surface area contributed by atoms with Crippen molar-refractivity contribution in [3.8, 4) is 0 Å². The largest absolute Gasteiger partial charge is 0.416 e. The number of hydrogen-bond donors (Lipinski definition) is 1. The lowest BCUT2D eigenvalue weighted by molar-refractivity contribution is -0.139. The highest BCUT2D eigenvalue weighted by Crippen LogP contribution is 2.50. The second-order valence-corrected chi connectivity index (χ2v) is 7.05. The zero-order valence-corrected chi connectivity index (χ0v) is 13.6. The summed E-state index contributed by atoms with van der Waals surface area (Å²) in [6.07, 6.45) is -2.02. The van der Waals surface area contributed by atoms with Crippen molar-refractivity contribution in [1.29, 1.82) is 0 Å². The molecule has 1 N–H and O–H groups in total. The predicted molar refractivity (Wildman–Crippen MR) is 83.3 cm³/mol. The van der Waals surface area contributed by atoms with Crippen molar-refractivity contribution in [1.82, 2.24) is 4.90 Å². The molecule has 1 amide bonds. The van der Waals surface area contributed by atoms with Crippen molar-refractivity contribution in [2.75, 3.05) is 13.1 Å². The first-order valence-corrected chi connectivity index (χ1v) is 8.39. The molecule has 1 saturated carbocycles. The van der Waals surface area contributed by atoms with E-state index in [2.05, 4.69) is 0 Å². The van der Waals surface area contributed by atoms with Crippen LogP contribution in [0.4, 0.5) is 13.2 Å². The molecule has 1 heterocycles. The van der Waals surface area contributed by atoms with Crippen LogP contribution in [0, 0.1) is 5.92 Å². The van der Waals surface area contributed by atoms with Crippen LogP contribution in [0.25, 0.3) is 0 Å². The maximum atomic E-state index is 13.0. The van der Waals surface area contributed by atoms with E-state index in [-0.39, 0.29) is 11.8 Å². The average molecular weight is 341 g/mol. The Balaban J connectivity index is 1.82. The third-order valence-corrected chi connectivity index (χ3v) is 5.33. The first-order chi connectivity index (χ1) is 11.2. The third kappa shape index (κ3) is 3.16. The van der Waals surface area contributed by atoms with Gasteiger partial charge in [0.1, 0.15) is 0 Å². The summed E-state index contributed by atoms with van der Waals surface area (Å²) in [5.74, 6) is -0.0489. The fourth-order valence-electron chi connectivity index (χ4n) is 3.64. The molecular weight excluding hydrogens is 319 g/mol. The van der Waals surface area contributed by atoms with Crippen molar-refractivity contribution >= 4 is 5.91 Å². The molecule has 2 atom stereocenters. The molecule has 0 radical (unpaired) electrons. The molecule has 0 spiro atoms. The van der Waals surface area contributed by atoms with E-state index < -0.39 is 23.3 Å². The first-order valence-electron chi connectivity index (χ1n) is 8.39. The number of carbonyl (C=O) groups excluding carboxylic acids is 1. The molecule has 2 aliphatic rings. The number of benzene rings is 1. The maximum absolute atomic E-state index is 13.0. The first kappa shape index (κ1) is 17.3. The Kier molecular flexibility index (Phi) is 4.36. The fraction of sp³-hybridized carbons (Fsp3) is 0.611. The maximum Gasteiger partial charge on any atom is 0.416 e. The van der Waals surface area contributed by atoms with Crippen LogP contribution in [0.15, 0.2) is 24.3 Å². The summed E-state index contributed by atoms with van der Waals surface area (Å²) in [4.78, 5) is 14.7. The molecule has 0 bridgehead atoms. The van der Waals surface area contributed by atoms with E-state index in [0.29, 0.717) is 31.5 Å². The number of alkyl halides is 3. The van der Waals surface area contributed by atoms with Crippen molar-refractivity contribution in [2.45, 2.75) is 50.3 Å². The second kappa shape index (κ2) is 6.06. The molecule has 2 unspecified atom stereocenters. The van der Waals surface area contributed by atoms with Crippen LogP contribution in [0.5, 0.6) is 0 Å². The number of aliphatic hydroxyl groups is 1. The second-order valence-electron chi connectivity index (χ2n) is 7.05. The van der Waals surface area contributed by atoms with Crippen molar-refractivity contribution in [2.24, 2.45) is 5.92 Å². The number of hydrogen-bond acceptors (Lipinski definition) is 2. The van der Waals surface area contributed by atoms with Gasteiger partial charge in [0.25, 0.3) is 0 Å². The van der Waals surface area contributed by atoms with E-state index >= 15 is 0 Å². The minimum atomic E-state index is -4.41.